The Labute approximate surface area is 119 Å². The van der Waals surface area contributed by atoms with Crippen molar-refractivity contribution in [3.8, 4) is 11.8 Å². The Bertz CT molecular complexity index is 508. The summed E-state index contributed by atoms with van der Waals surface area (Å²) >= 11 is 0. The SMILES string of the molecule is CCN(Cc1cc(C#N)ccc1OC)C(C)CC(=O)O. The van der Waals surface area contributed by atoms with Crippen molar-refractivity contribution in [3.05, 3.63) is 29.3 Å². The normalized spacial score (nSPS) is 11.9. The number of nitrogens with zero attached hydrogens (tertiary/aromatic N) is 2. The molecule has 0 amide bonds. The van der Waals surface area contributed by atoms with Gasteiger partial charge in [0.25, 0.3) is 0 Å². The standard InChI is InChI=1S/C15H20N2O3/c1-4-17(11(2)7-15(18)19)10-13-8-12(9-16)5-6-14(13)20-3/h5-6,8,11H,4,7,10H2,1-3H3,(H,18,19). The lowest BCUT2D eigenvalue weighted by Crippen LogP contribution is -2.34. The predicted octanol–water partition coefficient (Wildman–Crippen LogP) is 2.25. The first-order valence-electron chi connectivity index (χ1n) is 6.54. The molecule has 0 aliphatic rings. The van der Waals surface area contributed by atoms with Crippen LogP contribution in [0.1, 0.15) is 31.4 Å². The molecular weight excluding hydrogens is 256 g/mol. The van der Waals surface area contributed by atoms with Crippen molar-refractivity contribution in [2.75, 3.05) is 13.7 Å². The molecule has 0 bridgehead atoms. The van der Waals surface area contributed by atoms with Crippen LogP contribution in [0.15, 0.2) is 18.2 Å². The number of nitriles is 1. The molecule has 0 heterocycles. The number of ether oxygens (including phenoxy) is 1. The van der Waals surface area contributed by atoms with E-state index >= 15 is 0 Å². The van der Waals surface area contributed by atoms with Gasteiger partial charge in [0.15, 0.2) is 0 Å². The minimum absolute atomic E-state index is 0.0760. The van der Waals surface area contributed by atoms with Crippen molar-refractivity contribution >= 4 is 5.97 Å². The number of hydrogen-bond donors (Lipinski definition) is 1. The first-order valence-corrected chi connectivity index (χ1v) is 6.54. The maximum Gasteiger partial charge on any atom is 0.304 e. The highest BCUT2D eigenvalue weighted by Gasteiger charge is 2.17. The number of methoxy groups -OCH3 is 1. The van der Waals surface area contributed by atoms with E-state index in [-0.39, 0.29) is 12.5 Å². The van der Waals surface area contributed by atoms with Gasteiger partial charge in [0, 0.05) is 18.2 Å². The highest BCUT2D eigenvalue weighted by molar-refractivity contribution is 5.67. The number of aliphatic carboxylic acids is 1. The van der Waals surface area contributed by atoms with Crippen LogP contribution in [0.25, 0.3) is 0 Å². The van der Waals surface area contributed by atoms with Crippen LogP contribution in [0.5, 0.6) is 5.75 Å². The molecule has 1 aromatic rings. The van der Waals surface area contributed by atoms with E-state index in [2.05, 4.69) is 6.07 Å². The van der Waals surface area contributed by atoms with Gasteiger partial charge in [0.2, 0.25) is 0 Å². The molecule has 20 heavy (non-hydrogen) atoms. The van der Waals surface area contributed by atoms with E-state index < -0.39 is 5.97 Å². The van der Waals surface area contributed by atoms with Gasteiger partial charge in [-0.2, -0.15) is 5.26 Å². The Morgan fingerprint density at radius 3 is 2.75 bits per heavy atom. The minimum atomic E-state index is -0.811. The largest absolute Gasteiger partial charge is 0.496 e. The quantitative estimate of drug-likeness (QED) is 0.826. The molecule has 1 rings (SSSR count). The highest BCUT2D eigenvalue weighted by atomic mass is 16.5. The lowest BCUT2D eigenvalue weighted by molar-refractivity contribution is -0.138. The number of benzene rings is 1. The molecule has 0 aliphatic heterocycles. The van der Waals surface area contributed by atoms with Crippen LogP contribution in [-0.4, -0.2) is 35.7 Å². The highest BCUT2D eigenvalue weighted by Crippen LogP contribution is 2.22. The van der Waals surface area contributed by atoms with Crippen molar-refractivity contribution in [2.45, 2.75) is 32.9 Å². The van der Waals surface area contributed by atoms with Crippen LogP contribution in [0, 0.1) is 11.3 Å². The Hall–Kier alpha value is -2.06. The fraction of sp³-hybridized carbons (Fsp3) is 0.467. The lowest BCUT2D eigenvalue weighted by Gasteiger charge is -2.27. The monoisotopic (exact) mass is 276 g/mol. The molecule has 1 unspecified atom stereocenters. The molecule has 5 heteroatoms. The van der Waals surface area contributed by atoms with Crippen LogP contribution < -0.4 is 4.74 Å². The summed E-state index contributed by atoms with van der Waals surface area (Å²) in [6, 6.07) is 7.29. The zero-order valence-electron chi connectivity index (χ0n) is 12.1. The van der Waals surface area contributed by atoms with E-state index in [1.165, 1.54) is 0 Å². The molecule has 0 saturated heterocycles. The first-order chi connectivity index (χ1) is 9.51. The summed E-state index contributed by atoms with van der Waals surface area (Å²) in [6.07, 6.45) is 0.0914. The van der Waals surface area contributed by atoms with Gasteiger partial charge in [0.05, 0.1) is 25.2 Å². The smallest absolute Gasteiger partial charge is 0.304 e. The molecule has 0 aromatic heterocycles. The number of hydrogen-bond acceptors (Lipinski definition) is 4. The number of carbonyl (C=O) groups is 1. The molecular formula is C15H20N2O3. The van der Waals surface area contributed by atoms with Crippen molar-refractivity contribution in [2.24, 2.45) is 0 Å². The fourth-order valence-corrected chi connectivity index (χ4v) is 2.15. The number of rotatable bonds is 7. The molecule has 0 fully saturated rings. The van der Waals surface area contributed by atoms with Gasteiger partial charge >= 0.3 is 5.97 Å². The second kappa shape index (κ2) is 7.51. The summed E-state index contributed by atoms with van der Waals surface area (Å²) in [5.74, 6) is -0.0985. The summed E-state index contributed by atoms with van der Waals surface area (Å²) in [5, 5.41) is 17.8. The third kappa shape index (κ3) is 4.25. The number of carboxylic acid groups (broad SMARTS) is 1. The summed E-state index contributed by atoms with van der Waals surface area (Å²) in [7, 11) is 1.59. The maximum atomic E-state index is 10.8. The topological polar surface area (TPSA) is 73.6 Å². The van der Waals surface area contributed by atoms with Gasteiger partial charge in [-0.25, -0.2) is 0 Å². The van der Waals surface area contributed by atoms with Crippen LogP contribution in [0.3, 0.4) is 0 Å². The van der Waals surface area contributed by atoms with Crippen LogP contribution in [0.4, 0.5) is 0 Å². The summed E-state index contributed by atoms with van der Waals surface area (Å²) in [4.78, 5) is 12.9. The van der Waals surface area contributed by atoms with Crippen LogP contribution in [0.2, 0.25) is 0 Å². The molecule has 0 spiro atoms. The second-order valence-corrected chi connectivity index (χ2v) is 4.65. The van der Waals surface area contributed by atoms with Crippen LogP contribution in [-0.2, 0) is 11.3 Å². The second-order valence-electron chi connectivity index (χ2n) is 4.65. The molecule has 0 saturated carbocycles. The molecule has 0 aliphatic carbocycles. The first kappa shape index (κ1) is 16.0. The number of carboxylic acids is 1. The van der Waals surface area contributed by atoms with E-state index in [0.717, 1.165) is 12.1 Å². The van der Waals surface area contributed by atoms with Gasteiger partial charge in [0.1, 0.15) is 5.75 Å². The summed E-state index contributed by atoms with van der Waals surface area (Å²) < 4.78 is 5.30. The van der Waals surface area contributed by atoms with Gasteiger partial charge < -0.3 is 9.84 Å². The Morgan fingerprint density at radius 1 is 1.55 bits per heavy atom. The van der Waals surface area contributed by atoms with Crippen molar-refractivity contribution in [1.82, 2.24) is 4.90 Å². The van der Waals surface area contributed by atoms with Crippen molar-refractivity contribution < 1.29 is 14.6 Å². The fourth-order valence-electron chi connectivity index (χ4n) is 2.15. The van der Waals surface area contributed by atoms with Gasteiger partial charge in [-0.1, -0.05) is 6.92 Å². The molecule has 1 atom stereocenters. The van der Waals surface area contributed by atoms with E-state index in [1.807, 2.05) is 18.7 Å². The Balaban J connectivity index is 2.94. The molecule has 0 radical (unpaired) electrons. The van der Waals surface area contributed by atoms with Gasteiger partial charge in [-0.3, -0.25) is 9.69 Å². The van der Waals surface area contributed by atoms with Crippen molar-refractivity contribution in [3.63, 3.8) is 0 Å². The van der Waals surface area contributed by atoms with E-state index in [9.17, 15) is 4.79 Å². The Kier molecular flexibility index (Phi) is 6.01. The maximum absolute atomic E-state index is 10.8. The summed E-state index contributed by atoms with van der Waals surface area (Å²) in [6.45, 7) is 5.16. The van der Waals surface area contributed by atoms with E-state index in [4.69, 9.17) is 15.1 Å². The average molecular weight is 276 g/mol. The minimum Gasteiger partial charge on any atom is -0.496 e. The van der Waals surface area contributed by atoms with E-state index in [1.54, 1.807) is 25.3 Å². The van der Waals surface area contributed by atoms with Gasteiger partial charge in [-0.15, -0.1) is 0 Å². The summed E-state index contributed by atoms with van der Waals surface area (Å²) in [5.41, 5.74) is 1.47. The third-order valence-electron chi connectivity index (χ3n) is 3.28. The molecule has 1 N–H and O–H groups in total. The molecule has 1 aromatic carbocycles. The molecule has 5 nitrogen and oxygen atoms in total. The lowest BCUT2D eigenvalue weighted by atomic mass is 10.1. The van der Waals surface area contributed by atoms with Crippen molar-refractivity contribution in [1.29, 1.82) is 5.26 Å². The Morgan fingerprint density at radius 2 is 2.25 bits per heavy atom. The predicted molar refractivity (Wildman–Crippen MR) is 75.5 cm³/mol. The average Bonchev–Trinajstić information content (AvgIpc) is 2.43. The zero-order chi connectivity index (χ0) is 15.1. The third-order valence-corrected chi connectivity index (χ3v) is 3.28. The zero-order valence-corrected chi connectivity index (χ0v) is 12.1. The van der Waals surface area contributed by atoms with E-state index in [0.29, 0.717) is 17.9 Å². The van der Waals surface area contributed by atoms with Crippen LogP contribution >= 0.6 is 0 Å². The molecule has 108 valence electrons. The van der Waals surface area contributed by atoms with Gasteiger partial charge in [-0.05, 0) is 31.7 Å².